The summed E-state index contributed by atoms with van der Waals surface area (Å²) < 4.78 is 0. The highest BCUT2D eigenvalue weighted by Crippen LogP contribution is 2.40. The number of nitrogens with zero attached hydrogens (tertiary/aromatic N) is 2. The third-order valence-electron chi connectivity index (χ3n) is 8.65. The van der Waals surface area contributed by atoms with Crippen LogP contribution >= 0.6 is 0 Å². The first-order chi connectivity index (χ1) is 20.2. The molecule has 5 aromatic rings. The maximum Gasteiger partial charge on any atom is 0.258 e. The molecule has 0 radical (unpaired) electrons. The number of benzene rings is 4. The van der Waals surface area contributed by atoms with Gasteiger partial charge in [0.2, 0.25) is 0 Å². The Morgan fingerprint density at radius 3 is 2.63 bits per heavy atom. The van der Waals surface area contributed by atoms with Crippen LogP contribution in [0.2, 0.25) is 0 Å². The predicted octanol–water partition coefficient (Wildman–Crippen LogP) is 6.96. The smallest absolute Gasteiger partial charge is 0.258 e. The summed E-state index contributed by atoms with van der Waals surface area (Å²) in [7, 11) is 0. The summed E-state index contributed by atoms with van der Waals surface area (Å²) >= 11 is 0. The van der Waals surface area contributed by atoms with E-state index < -0.39 is 0 Å². The summed E-state index contributed by atoms with van der Waals surface area (Å²) in [6.07, 6.45) is 11.0. The molecule has 1 unspecified atom stereocenters. The summed E-state index contributed by atoms with van der Waals surface area (Å²) in [6, 6.07) is 30.3. The van der Waals surface area contributed by atoms with Crippen molar-refractivity contribution in [2.45, 2.75) is 31.7 Å². The van der Waals surface area contributed by atoms with Crippen molar-refractivity contribution in [2.75, 3.05) is 24.5 Å². The zero-order valence-electron chi connectivity index (χ0n) is 23.1. The quantitative estimate of drug-likeness (QED) is 0.255. The van der Waals surface area contributed by atoms with Crippen molar-refractivity contribution in [2.24, 2.45) is 0 Å². The maximum atomic E-state index is 11.1. The first-order valence-corrected chi connectivity index (χ1v) is 14.6. The number of aromatic nitrogens is 2. The van der Waals surface area contributed by atoms with Gasteiger partial charge in [-0.2, -0.15) is 0 Å². The van der Waals surface area contributed by atoms with Crippen LogP contribution in [0.1, 0.15) is 42.0 Å². The lowest BCUT2D eigenvalue weighted by molar-refractivity contribution is 0.472. The van der Waals surface area contributed by atoms with Crippen molar-refractivity contribution in [1.82, 2.24) is 15.3 Å². The molecule has 1 aromatic heterocycles. The molecule has 3 aliphatic rings. The third-order valence-corrected chi connectivity index (χ3v) is 8.65. The Labute approximate surface area is 240 Å². The Morgan fingerprint density at radius 2 is 1.73 bits per heavy atom. The lowest BCUT2D eigenvalue weighted by atomic mass is 9.79. The molecule has 0 spiro atoms. The van der Waals surface area contributed by atoms with Crippen LogP contribution in [0, 0.1) is 0 Å². The average molecular weight is 539 g/mol. The monoisotopic (exact) mass is 538 g/mol. The summed E-state index contributed by atoms with van der Waals surface area (Å²) in [5.41, 5.74) is 9.55. The van der Waals surface area contributed by atoms with E-state index in [9.17, 15) is 4.79 Å². The van der Waals surface area contributed by atoms with Crippen LogP contribution in [0.5, 0.6) is 0 Å². The van der Waals surface area contributed by atoms with Gasteiger partial charge in [-0.05, 0) is 83.0 Å². The van der Waals surface area contributed by atoms with E-state index in [4.69, 9.17) is 0 Å². The largest absolute Gasteiger partial charge is 0.368 e. The summed E-state index contributed by atoms with van der Waals surface area (Å²) in [6.45, 7) is 3.09. The molecule has 0 saturated carbocycles. The highest BCUT2D eigenvalue weighted by Gasteiger charge is 2.23. The van der Waals surface area contributed by atoms with Gasteiger partial charge in [-0.15, -0.1) is 0 Å². The Hall–Kier alpha value is -4.48. The summed E-state index contributed by atoms with van der Waals surface area (Å²) in [4.78, 5) is 20.1. The van der Waals surface area contributed by atoms with Crippen molar-refractivity contribution < 1.29 is 0 Å². The van der Waals surface area contributed by atoms with Gasteiger partial charge in [0.05, 0.1) is 17.2 Å². The minimum absolute atomic E-state index is 0.0874. The fourth-order valence-corrected chi connectivity index (χ4v) is 6.54. The molecule has 2 N–H and O–H groups in total. The molecule has 1 aliphatic heterocycles. The molecule has 5 heteroatoms. The van der Waals surface area contributed by atoms with Crippen molar-refractivity contribution in [3.63, 3.8) is 0 Å². The van der Waals surface area contributed by atoms with Gasteiger partial charge in [-0.1, -0.05) is 78.4 Å². The standard InChI is InChI=1S/C28H28N2.C8H6N2O/c1-2-7-21(8-3-1)28-19-30(17-16-29-28)23-12-15-25-22(18-23)11-14-26-24-9-5-4-6-20(24)10-13-27(25)26;11-8-6-3-1-2-4-7(6)9-5-10-8/h1-3,5,7-9,11-12,14-15,18,28-29H,4,6,10,13,16-17,19H2;1-5H,(H,9,10,11). The van der Waals surface area contributed by atoms with Crippen molar-refractivity contribution in [1.29, 1.82) is 0 Å². The Balaban J connectivity index is 0.000000210. The van der Waals surface area contributed by atoms with Gasteiger partial charge in [0, 0.05) is 31.4 Å². The number of allylic oxidation sites excluding steroid dienone is 4. The van der Waals surface area contributed by atoms with Gasteiger partial charge in [0.25, 0.3) is 5.56 Å². The molecule has 0 bridgehead atoms. The van der Waals surface area contributed by atoms with Gasteiger partial charge in [0.1, 0.15) is 0 Å². The SMILES string of the molecule is C1=CC2=C(CC1)CCc1c2ccc2cc(N3CCNC(c4ccccc4)C3)ccc12.O=c1[nH]cnc2ccccc12. The van der Waals surface area contributed by atoms with E-state index in [0.717, 1.165) is 25.2 Å². The van der Waals surface area contributed by atoms with E-state index in [1.165, 1.54) is 65.2 Å². The highest BCUT2D eigenvalue weighted by atomic mass is 16.1. The Kier molecular flexibility index (Phi) is 6.95. The fourth-order valence-electron chi connectivity index (χ4n) is 6.54. The van der Waals surface area contributed by atoms with E-state index in [0.29, 0.717) is 11.4 Å². The van der Waals surface area contributed by atoms with Gasteiger partial charge in [0.15, 0.2) is 0 Å². The minimum atomic E-state index is -0.0874. The number of para-hydroxylation sites is 1. The zero-order chi connectivity index (χ0) is 27.6. The number of nitrogens with one attached hydrogen (secondary N) is 2. The molecule has 5 nitrogen and oxygen atoms in total. The number of fused-ring (bicyclic) bond motifs is 5. The molecular weight excluding hydrogens is 504 g/mol. The number of anilines is 1. The molecule has 41 heavy (non-hydrogen) atoms. The van der Waals surface area contributed by atoms with E-state index >= 15 is 0 Å². The topological polar surface area (TPSA) is 61.0 Å². The number of rotatable bonds is 2. The van der Waals surface area contributed by atoms with Crippen molar-refractivity contribution >= 4 is 32.9 Å². The molecule has 2 heterocycles. The third kappa shape index (κ3) is 5.09. The predicted molar refractivity (Wildman–Crippen MR) is 169 cm³/mol. The summed E-state index contributed by atoms with van der Waals surface area (Å²) in [5, 5.41) is 7.14. The van der Waals surface area contributed by atoms with E-state index in [2.05, 4.69) is 93.0 Å². The number of hydrogen-bond acceptors (Lipinski definition) is 4. The maximum absolute atomic E-state index is 11.1. The van der Waals surface area contributed by atoms with Crippen molar-refractivity contribution in [3.05, 3.63) is 136 Å². The van der Waals surface area contributed by atoms with Crippen LogP contribution in [-0.4, -0.2) is 29.6 Å². The Bertz CT molecular complexity index is 1830. The fraction of sp³-hybridized carbons (Fsp3) is 0.222. The molecule has 1 atom stereocenters. The number of aromatic amines is 1. The molecule has 8 rings (SSSR count). The lowest BCUT2D eigenvalue weighted by Crippen LogP contribution is -2.45. The summed E-state index contributed by atoms with van der Waals surface area (Å²) in [5.74, 6) is 0. The van der Waals surface area contributed by atoms with Gasteiger partial charge in [-0.25, -0.2) is 4.98 Å². The van der Waals surface area contributed by atoms with E-state index in [1.54, 1.807) is 17.2 Å². The van der Waals surface area contributed by atoms with Crippen LogP contribution in [0.3, 0.4) is 0 Å². The van der Waals surface area contributed by atoms with Gasteiger partial charge >= 0.3 is 0 Å². The van der Waals surface area contributed by atoms with Crippen molar-refractivity contribution in [3.8, 4) is 0 Å². The first-order valence-electron chi connectivity index (χ1n) is 14.6. The minimum Gasteiger partial charge on any atom is -0.368 e. The van der Waals surface area contributed by atoms with E-state index in [-0.39, 0.29) is 5.56 Å². The van der Waals surface area contributed by atoms with Crippen LogP contribution in [0.4, 0.5) is 5.69 Å². The molecule has 4 aromatic carbocycles. The molecular formula is C36H34N4O. The normalized spacial score (nSPS) is 18.0. The number of piperazine rings is 1. The number of hydrogen-bond donors (Lipinski definition) is 2. The highest BCUT2D eigenvalue weighted by molar-refractivity contribution is 5.95. The number of aryl methyl sites for hydroxylation is 1. The number of H-pyrrole nitrogens is 1. The molecule has 1 saturated heterocycles. The van der Waals surface area contributed by atoms with Crippen LogP contribution < -0.4 is 15.8 Å². The second kappa shape index (κ2) is 11.2. The molecule has 2 aliphatic carbocycles. The molecule has 204 valence electrons. The average Bonchev–Trinajstić information content (AvgIpc) is 3.05. The van der Waals surface area contributed by atoms with Crippen LogP contribution in [0.25, 0.3) is 27.2 Å². The first kappa shape index (κ1) is 25.5. The van der Waals surface area contributed by atoms with Crippen LogP contribution in [0.15, 0.2) is 114 Å². The molecule has 0 amide bonds. The Morgan fingerprint density at radius 1 is 0.854 bits per heavy atom. The van der Waals surface area contributed by atoms with Gasteiger partial charge < -0.3 is 15.2 Å². The van der Waals surface area contributed by atoms with E-state index in [1.807, 2.05) is 18.2 Å². The van der Waals surface area contributed by atoms with Crippen LogP contribution in [-0.2, 0) is 6.42 Å². The zero-order valence-corrected chi connectivity index (χ0v) is 23.1. The second-order valence-corrected chi connectivity index (χ2v) is 11.1. The molecule has 1 fully saturated rings. The van der Waals surface area contributed by atoms with Gasteiger partial charge in [-0.3, -0.25) is 4.79 Å². The lowest BCUT2D eigenvalue weighted by Gasteiger charge is -2.36. The second-order valence-electron chi connectivity index (χ2n) is 11.1.